The first-order valence-corrected chi connectivity index (χ1v) is 7.75. The predicted molar refractivity (Wildman–Crippen MR) is 80.4 cm³/mol. The summed E-state index contributed by atoms with van der Waals surface area (Å²) in [5.74, 6) is 0.806. The lowest BCUT2D eigenvalue weighted by molar-refractivity contribution is -0.127. The zero-order valence-corrected chi connectivity index (χ0v) is 12.2. The average Bonchev–Trinajstić information content (AvgIpc) is 3.23. The van der Waals surface area contributed by atoms with Crippen molar-refractivity contribution in [1.29, 1.82) is 0 Å². The maximum atomic E-state index is 12.6. The maximum Gasteiger partial charge on any atom is 0.226 e. The van der Waals surface area contributed by atoms with Crippen molar-refractivity contribution in [2.75, 3.05) is 13.1 Å². The van der Waals surface area contributed by atoms with Gasteiger partial charge in [0.2, 0.25) is 5.91 Å². The molecule has 3 rings (SSSR count). The van der Waals surface area contributed by atoms with E-state index in [1.54, 1.807) is 0 Å². The lowest BCUT2D eigenvalue weighted by Gasteiger charge is -2.31. The van der Waals surface area contributed by atoms with Crippen molar-refractivity contribution in [2.24, 2.45) is 11.3 Å². The highest BCUT2D eigenvalue weighted by Crippen LogP contribution is 2.48. The Kier molecular flexibility index (Phi) is 3.79. The molecular weight excluding hydrogens is 248 g/mol. The van der Waals surface area contributed by atoms with Gasteiger partial charge in [0, 0.05) is 6.04 Å². The Balaban J connectivity index is 1.61. The van der Waals surface area contributed by atoms with Gasteiger partial charge < -0.3 is 10.6 Å². The zero-order chi connectivity index (χ0) is 14.0. The van der Waals surface area contributed by atoms with Crippen LogP contribution >= 0.6 is 0 Å². The van der Waals surface area contributed by atoms with Crippen LogP contribution in [0.15, 0.2) is 30.3 Å². The molecule has 1 aromatic carbocycles. The van der Waals surface area contributed by atoms with Gasteiger partial charge in [-0.1, -0.05) is 37.3 Å². The van der Waals surface area contributed by atoms with Gasteiger partial charge in [0.05, 0.1) is 5.41 Å². The second-order valence-corrected chi connectivity index (χ2v) is 6.49. The predicted octanol–water partition coefficient (Wildman–Crippen LogP) is 2.12. The summed E-state index contributed by atoms with van der Waals surface area (Å²) >= 11 is 0. The molecule has 1 aliphatic heterocycles. The van der Waals surface area contributed by atoms with Crippen LogP contribution in [0.5, 0.6) is 0 Å². The second kappa shape index (κ2) is 5.57. The minimum atomic E-state index is -0.119. The standard InChI is InChI=1S/C17H24N2O/c1-13-12-18-10-7-15(13)19-16(20)17(8-9-17)11-14-5-3-2-4-6-14/h2-6,13,15,18H,7-12H2,1H3,(H,19,20). The van der Waals surface area contributed by atoms with Crippen LogP contribution in [-0.4, -0.2) is 25.0 Å². The molecule has 0 bridgehead atoms. The van der Waals surface area contributed by atoms with Crippen molar-refractivity contribution >= 4 is 5.91 Å². The minimum Gasteiger partial charge on any atom is -0.353 e. The van der Waals surface area contributed by atoms with Crippen molar-refractivity contribution < 1.29 is 4.79 Å². The highest BCUT2D eigenvalue weighted by Gasteiger charge is 2.50. The van der Waals surface area contributed by atoms with Gasteiger partial charge in [0.1, 0.15) is 0 Å². The third kappa shape index (κ3) is 2.88. The van der Waals surface area contributed by atoms with Crippen LogP contribution in [0.1, 0.15) is 31.7 Å². The number of rotatable bonds is 4. The van der Waals surface area contributed by atoms with E-state index in [1.807, 2.05) is 6.07 Å². The summed E-state index contributed by atoms with van der Waals surface area (Å²) in [6, 6.07) is 10.7. The van der Waals surface area contributed by atoms with Gasteiger partial charge in [-0.15, -0.1) is 0 Å². The van der Waals surface area contributed by atoms with Crippen molar-refractivity contribution in [3.63, 3.8) is 0 Å². The van der Waals surface area contributed by atoms with Crippen LogP contribution in [-0.2, 0) is 11.2 Å². The van der Waals surface area contributed by atoms with E-state index < -0.39 is 0 Å². The van der Waals surface area contributed by atoms with Crippen molar-refractivity contribution in [1.82, 2.24) is 10.6 Å². The van der Waals surface area contributed by atoms with Crippen molar-refractivity contribution in [3.05, 3.63) is 35.9 Å². The summed E-state index contributed by atoms with van der Waals surface area (Å²) in [6.07, 6.45) is 4.01. The largest absolute Gasteiger partial charge is 0.353 e. The van der Waals surface area contributed by atoms with Crippen LogP contribution < -0.4 is 10.6 Å². The normalized spacial score (nSPS) is 27.9. The van der Waals surface area contributed by atoms with Crippen LogP contribution in [0.25, 0.3) is 0 Å². The lowest BCUT2D eigenvalue weighted by Crippen LogP contribution is -2.50. The second-order valence-electron chi connectivity index (χ2n) is 6.49. The molecule has 0 radical (unpaired) electrons. The van der Waals surface area contributed by atoms with Gasteiger partial charge in [-0.2, -0.15) is 0 Å². The van der Waals surface area contributed by atoms with E-state index in [0.717, 1.165) is 38.8 Å². The Bertz CT molecular complexity index is 467. The molecule has 0 aromatic heterocycles. The van der Waals surface area contributed by atoms with Crippen LogP contribution in [0.2, 0.25) is 0 Å². The van der Waals surface area contributed by atoms with Gasteiger partial charge in [0.15, 0.2) is 0 Å². The fourth-order valence-corrected chi connectivity index (χ4v) is 3.17. The highest BCUT2D eigenvalue weighted by atomic mass is 16.2. The van der Waals surface area contributed by atoms with Gasteiger partial charge in [-0.3, -0.25) is 4.79 Å². The Morgan fingerprint density at radius 2 is 2.10 bits per heavy atom. The molecule has 1 heterocycles. The van der Waals surface area contributed by atoms with Gasteiger partial charge >= 0.3 is 0 Å². The number of nitrogens with one attached hydrogen (secondary N) is 2. The van der Waals surface area contributed by atoms with Crippen LogP contribution in [0, 0.1) is 11.3 Å². The van der Waals surface area contributed by atoms with E-state index in [1.165, 1.54) is 5.56 Å². The first-order chi connectivity index (χ1) is 9.70. The average molecular weight is 272 g/mol. The number of hydrogen-bond acceptors (Lipinski definition) is 2. The smallest absolute Gasteiger partial charge is 0.226 e. The number of carbonyl (C=O) groups is 1. The number of hydrogen-bond donors (Lipinski definition) is 2. The molecule has 1 aliphatic carbocycles. The topological polar surface area (TPSA) is 41.1 Å². The molecule has 1 aromatic rings. The molecule has 1 saturated heterocycles. The Hall–Kier alpha value is -1.35. The Morgan fingerprint density at radius 3 is 2.75 bits per heavy atom. The summed E-state index contributed by atoms with van der Waals surface area (Å²) in [6.45, 7) is 4.24. The fourth-order valence-electron chi connectivity index (χ4n) is 3.17. The van der Waals surface area contributed by atoms with Crippen molar-refractivity contribution in [2.45, 2.75) is 38.6 Å². The molecule has 1 saturated carbocycles. The first-order valence-electron chi connectivity index (χ1n) is 7.75. The van der Waals surface area contributed by atoms with Crippen molar-refractivity contribution in [3.8, 4) is 0 Å². The quantitative estimate of drug-likeness (QED) is 0.881. The maximum absolute atomic E-state index is 12.6. The van der Waals surface area contributed by atoms with Gasteiger partial charge in [0.25, 0.3) is 0 Å². The van der Waals surface area contributed by atoms with Gasteiger partial charge in [-0.25, -0.2) is 0 Å². The molecule has 2 atom stereocenters. The lowest BCUT2D eigenvalue weighted by atomic mass is 9.91. The number of carbonyl (C=O) groups excluding carboxylic acids is 1. The molecule has 2 aliphatic rings. The fraction of sp³-hybridized carbons (Fsp3) is 0.588. The number of piperidine rings is 1. The minimum absolute atomic E-state index is 0.119. The highest BCUT2D eigenvalue weighted by molar-refractivity contribution is 5.85. The SMILES string of the molecule is CC1CNCCC1NC(=O)C1(Cc2ccccc2)CC1. The van der Waals surface area contributed by atoms with Gasteiger partial charge in [-0.05, 0) is 50.3 Å². The first kappa shape index (κ1) is 13.6. The molecule has 108 valence electrons. The molecule has 20 heavy (non-hydrogen) atoms. The van der Waals surface area contributed by atoms with E-state index in [2.05, 4.69) is 41.8 Å². The molecule has 3 heteroatoms. The number of benzene rings is 1. The third-order valence-corrected chi connectivity index (χ3v) is 4.82. The molecule has 1 amide bonds. The third-order valence-electron chi connectivity index (χ3n) is 4.82. The molecule has 0 spiro atoms. The van der Waals surface area contributed by atoms with E-state index >= 15 is 0 Å². The van der Waals surface area contributed by atoms with Crippen LogP contribution in [0.3, 0.4) is 0 Å². The molecular formula is C17H24N2O. The van der Waals surface area contributed by atoms with E-state index in [0.29, 0.717) is 12.0 Å². The molecule has 2 unspecified atom stereocenters. The Morgan fingerprint density at radius 1 is 1.35 bits per heavy atom. The Labute approximate surface area is 121 Å². The summed E-state index contributed by atoms with van der Waals surface area (Å²) < 4.78 is 0. The monoisotopic (exact) mass is 272 g/mol. The summed E-state index contributed by atoms with van der Waals surface area (Å²) in [5, 5.41) is 6.69. The molecule has 2 fully saturated rings. The zero-order valence-electron chi connectivity index (χ0n) is 12.2. The van der Waals surface area contributed by atoms with E-state index in [9.17, 15) is 4.79 Å². The summed E-state index contributed by atoms with van der Waals surface area (Å²) in [7, 11) is 0. The molecule has 2 N–H and O–H groups in total. The van der Waals surface area contributed by atoms with Crippen LogP contribution in [0.4, 0.5) is 0 Å². The summed E-state index contributed by atoms with van der Waals surface area (Å²) in [5.41, 5.74) is 1.16. The number of amides is 1. The molecule has 3 nitrogen and oxygen atoms in total. The summed E-state index contributed by atoms with van der Waals surface area (Å²) in [4.78, 5) is 12.6. The van der Waals surface area contributed by atoms with E-state index in [4.69, 9.17) is 0 Å². The van der Waals surface area contributed by atoms with E-state index in [-0.39, 0.29) is 11.3 Å².